The van der Waals surface area contributed by atoms with Gasteiger partial charge in [-0.1, -0.05) is 84.8 Å². The number of hydrogen-bond acceptors (Lipinski definition) is 19. The van der Waals surface area contributed by atoms with Crippen LogP contribution in [0, 0.1) is 11.8 Å². The summed E-state index contributed by atoms with van der Waals surface area (Å²) in [4.78, 5) is 89.7. The second kappa shape index (κ2) is 42.3. The Morgan fingerprint density at radius 1 is 0.750 bits per heavy atom. The van der Waals surface area contributed by atoms with Gasteiger partial charge in [0.1, 0.15) is 36.0 Å². The van der Waals surface area contributed by atoms with Crippen molar-refractivity contribution in [3.8, 4) is 0 Å². The van der Waals surface area contributed by atoms with Crippen molar-refractivity contribution in [2.45, 2.75) is 192 Å². The smallest absolute Gasteiger partial charge is 0.306 e. The van der Waals surface area contributed by atoms with Gasteiger partial charge in [-0.2, -0.15) is 0 Å². The van der Waals surface area contributed by atoms with E-state index in [1.54, 1.807) is 45.9 Å². The number of anilines is 1. The van der Waals surface area contributed by atoms with Gasteiger partial charge in [-0.25, -0.2) is 0 Å². The first kappa shape index (κ1) is 77.5. The fraction of sp³-hybridized carbons (Fsp3) is 0.712. The summed E-state index contributed by atoms with van der Waals surface area (Å²) >= 11 is 3.08. The molecule has 518 valence electrons. The zero-order valence-electron chi connectivity index (χ0n) is 54.8. The predicted octanol–water partition coefficient (Wildman–Crippen LogP) is 3.98. The Hall–Kier alpha value is -5.23. The number of aryl methyl sites for hydroxylation is 1. The van der Waals surface area contributed by atoms with Crippen molar-refractivity contribution in [1.29, 1.82) is 0 Å². The Balaban J connectivity index is 0.907. The molecule has 1 aromatic rings. The summed E-state index contributed by atoms with van der Waals surface area (Å²) in [6, 6.07) is 4.98. The van der Waals surface area contributed by atoms with E-state index in [9.17, 15) is 43.8 Å². The molecule has 8 N–H and O–H groups in total. The van der Waals surface area contributed by atoms with Crippen molar-refractivity contribution in [3.05, 3.63) is 65.8 Å². The van der Waals surface area contributed by atoms with Gasteiger partial charge in [0, 0.05) is 43.6 Å². The Labute approximate surface area is 550 Å². The van der Waals surface area contributed by atoms with Gasteiger partial charge in [-0.05, 0) is 96.1 Å². The summed E-state index contributed by atoms with van der Waals surface area (Å²) in [5, 5.41) is 38.1. The Morgan fingerprint density at radius 3 is 1.98 bits per heavy atom. The molecule has 1 spiro atoms. The summed E-state index contributed by atoms with van der Waals surface area (Å²) in [6.07, 6.45) is 9.99. The quantitative estimate of drug-likeness (QED) is 0.0115. The molecule has 5 rings (SSSR count). The normalized spacial score (nSPS) is 25.0. The molecule has 1 aliphatic carbocycles. The maximum Gasteiger partial charge on any atom is 0.306 e. The van der Waals surface area contributed by atoms with E-state index in [1.165, 1.54) is 12.2 Å². The summed E-state index contributed by atoms with van der Waals surface area (Å²) in [6.45, 7) is 17.9. The average molecular weight is 1360 g/mol. The van der Waals surface area contributed by atoms with Gasteiger partial charge in [-0.15, -0.1) is 0 Å². The summed E-state index contributed by atoms with van der Waals surface area (Å²) in [5.74, 6) is -2.38. The van der Waals surface area contributed by atoms with Crippen molar-refractivity contribution in [2.75, 3.05) is 103 Å². The number of halogens is 1. The number of amides is 6. The van der Waals surface area contributed by atoms with E-state index >= 15 is 0 Å². The van der Waals surface area contributed by atoms with E-state index in [1.807, 2.05) is 32.1 Å². The highest BCUT2D eigenvalue weighted by atomic mass is 79.9. The number of ether oxygens (including phenoxy) is 10. The first-order valence-corrected chi connectivity index (χ1v) is 33.7. The number of para-hydroxylation sites is 1. The van der Waals surface area contributed by atoms with Crippen LogP contribution >= 0.6 is 15.9 Å². The molecule has 3 aliphatic heterocycles. The van der Waals surface area contributed by atoms with E-state index in [4.69, 9.17) is 47.4 Å². The van der Waals surface area contributed by atoms with Gasteiger partial charge in [0.2, 0.25) is 35.4 Å². The monoisotopic (exact) mass is 1360 g/mol. The van der Waals surface area contributed by atoms with Gasteiger partial charge in [-0.3, -0.25) is 33.6 Å². The van der Waals surface area contributed by atoms with Crippen LogP contribution in [0.3, 0.4) is 0 Å². The number of nitrogens with one attached hydrogen (secondary N) is 6. The lowest BCUT2D eigenvalue weighted by Gasteiger charge is -2.39. The molecule has 0 unspecified atom stereocenters. The zero-order valence-corrected chi connectivity index (χ0v) is 56.4. The number of allylic oxidation sites excluding steroid dienone is 2. The summed E-state index contributed by atoms with van der Waals surface area (Å²) < 4.78 is 57.1. The van der Waals surface area contributed by atoms with E-state index in [0.717, 1.165) is 12.0 Å². The molecular weight excluding hydrogens is 1260 g/mol. The van der Waals surface area contributed by atoms with Crippen LogP contribution in [0.2, 0.25) is 0 Å². The fourth-order valence-corrected chi connectivity index (χ4v) is 11.0. The highest BCUT2D eigenvalue weighted by Crippen LogP contribution is 2.43. The van der Waals surface area contributed by atoms with Crippen LogP contribution < -0.4 is 31.9 Å². The maximum absolute atomic E-state index is 13.4. The predicted molar refractivity (Wildman–Crippen MR) is 345 cm³/mol. The largest absolute Gasteiger partial charge is 0.462 e. The number of carbonyl (C=O) groups is 7. The molecule has 25 nitrogen and oxygen atoms in total. The molecule has 3 heterocycles. The first-order chi connectivity index (χ1) is 44.1. The average Bonchev–Trinajstić information content (AvgIpc) is 1.61. The molecule has 1 saturated carbocycles. The number of aliphatic hydroxyl groups is 2. The van der Waals surface area contributed by atoms with Crippen molar-refractivity contribution < 1.29 is 91.1 Å². The minimum atomic E-state index is -0.964. The van der Waals surface area contributed by atoms with Crippen molar-refractivity contribution >= 4 is 63.0 Å². The van der Waals surface area contributed by atoms with E-state index in [-0.39, 0.29) is 116 Å². The van der Waals surface area contributed by atoms with Crippen LogP contribution in [0.25, 0.3) is 0 Å². The molecule has 4 fully saturated rings. The van der Waals surface area contributed by atoms with E-state index in [2.05, 4.69) is 60.8 Å². The maximum atomic E-state index is 13.4. The Morgan fingerprint density at radius 2 is 1.37 bits per heavy atom. The topological polar surface area (TPSA) is 328 Å². The number of rotatable bonds is 42. The highest BCUT2D eigenvalue weighted by molar-refractivity contribution is 9.09. The van der Waals surface area contributed by atoms with Gasteiger partial charge in [0.05, 0.1) is 128 Å². The van der Waals surface area contributed by atoms with Gasteiger partial charge < -0.3 is 89.5 Å². The number of carbonyl (C=O) groups excluding carboxylic acids is 7. The third-order valence-electron chi connectivity index (χ3n) is 16.2. The molecule has 0 radical (unpaired) electrons. The lowest BCUT2D eigenvalue weighted by molar-refractivity contribution is -0.151. The lowest BCUT2D eigenvalue weighted by atomic mass is 9.87. The van der Waals surface area contributed by atoms with Gasteiger partial charge in [0.15, 0.2) is 0 Å². The van der Waals surface area contributed by atoms with Gasteiger partial charge in [0.25, 0.3) is 0 Å². The molecule has 6 amide bonds. The zero-order chi connectivity index (χ0) is 66.8. The molecule has 26 heteroatoms. The number of epoxide rings is 1. The Kier molecular flexibility index (Phi) is 35.6. The molecule has 0 aromatic heterocycles. The second-order valence-electron chi connectivity index (χ2n) is 24.4. The summed E-state index contributed by atoms with van der Waals surface area (Å²) in [7, 11) is 0. The number of benzene rings is 1. The van der Waals surface area contributed by atoms with Crippen LogP contribution in [0.15, 0.2) is 60.2 Å². The minimum absolute atomic E-state index is 0.0148. The molecule has 3 saturated heterocycles. The highest BCUT2D eigenvalue weighted by Gasteiger charge is 2.58. The van der Waals surface area contributed by atoms with Crippen LogP contribution in [-0.2, 0) is 87.4 Å². The number of alkyl halides is 1. The number of esters is 1. The van der Waals surface area contributed by atoms with Crippen molar-refractivity contribution in [1.82, 2.24) is 26.6 Å². The SMILES string of the molecule is CC(/C=C/[C@H]1O[C@H](CC(=O)NC2CCC(OC(=O)CCc3ccccc3NC(=O)[C@H](C)NC(=O)[C@@H](NC(=O)CCOCCOCCOCCOCCOCCOCCNC(=O)CBr)C(C)C)CC2)C[C@@]2(CO2)[C@@H]1O)=C\C[C@@H]1O[C@H](C)[C@H](NC(=O)/C=C\[C@H](C)O)C[C@@H]1C. The minimum Gasteiger partial charge on any atom is -0.462 e. The number of hydrogen-bond donors (Lipinski definition) is 8. The molecule has 11 atom stereocenters. The van der Waals surface area contributed by atoms with Crippen molar-refractivity contribution in [2.24, 2.45) is 11.8 Å². The summed E-state index contributed by atoms with van der Waals surface area (Å²) in [5.41, 5.74) is 1.40. The third-order valence-corrected chi connectivity index (χ3v) is 16.8. The third kappa shape index (κ3) is 29.6. The van der Waals surface area contributed by atoms with Crippen molar-refractivity contribution in [3.63, 3.8) is 0 Å². The van der Waals surface area contributed by atoms with E-state index in [0.29, 0.717) is 129 Å². The standard InChI is InChI=1S/C66H103BrN6O19/c1-43(2)62(73-58(76)24-26-83-28-30-85-32-34-87-36-37-88-35-33-86-31-29-84-27-25-68-60(78)41-67)65(82)69-47(6)64(81)72-53-11-9-8-10-49(53)15-23-61(79)92-51-18-16-50(17-19-51)70-59(77)39-52-40-66(42-89-66)63(80)56(91-52)21-13-44(3)12-20-55-45(4)38-54(48(7)90-55)71-57(75)22-14-46(5)74/h8-14,21-22,43,45-48,50-52,54-56,62-63,74,80H,15-20,23-42H2,1-7H3,(H,68,78)(H,69,82)(H,70,77)(H,71,75)(H,72,81)(H,73,76)/b21-13+,22-14-,44-12+/t45-,46-,47-,48+,50?,51?,52+,54+,55-,56+,62-,63+,66+/m0/s1. The van der Waals surface area contributed by atoms with Crippen LogP contribution in [0.1, 0.15) is 118 Å². The number of aliphatic hydroxyl groups excluding tert-OH is 2. The Bertz CT molecular complexity index is 2530. The molecule has 92 heavy (non-hydrogen) atoms. The second-order valence-corrected chi connectivity index (χ2v) is 24.9. The molecule has 4 aliphatic rings. The van der Waals surface area contributed by atoms with Crippen LogP contribution in [0.4, 0.5) is 5.69 Å². The first-order valence-electron chi connectivity index (χ1n) is 32.6. The van der Waals surface area contributed by atoms with Gasteiger partial charge >= 0.3 is 5.97 Å². The fourth-order valence-electron chi connectivity index (χ4n) is 10.8. The van der Waals surface area contributed by atoms with Crippen LogP contribution in [-0.4, -0.2) is 222 Å². The molecule has 1 aromatic carbocycles. The van der Waals surface area contributed by atoms with Crippen LogP contribution in [0.5, 0.6) is 0 Å². The van der Waals surface area contributed by atoms with E-state index < -0.39 is 53.9 Å². The molecule has 0 bridgehead atoms. The molecular formula is C66H103BrN6O19. The lowest BCUT2D eigenvalue weighted by Crippen LogP contribution is -2.53.